The van der Waals surface area contributed by atoms with Gasteiger partial charge in [-0.3, -0.25) is 4.79 Å². The molecule has 6 atom stereocenters. The van der Waals surface area contributed by atoms with Crippen molar-refractivity contribution in [3.63, 3.8) is 0 Å². The summed E-state index contributed by atoms with van der Waals surface area (Å²) in [6, 6.07) is 0. The Labute approximate surface area is 130 Å². The first-order valence-electron chi connectivity index (χ1n) is 8.73. The van der Waals surface area contributed by atoms with Gasteiger partial charge in [-0.1, -0.05) is 5.57 Å². The predicted octanol–water partition coefficient (Wildman–Crippen LogP) is 3.73. The van der Waals surface area contributed by atoms with Crippen LogP contribution >= 0.6 is 0 Å². The Morgan fingerprint density at radius 3 is 2.68 bits per heavy atom. The Morgan fingerprint density at radius 1 is 1.09 bits per heavy atom. The highest BCUT2D eigenvalue weighted by Gasteiger charge is 2.62. The van der Waals surface area contributed by atoms with E-state index in [0.29, 0.717) is 37.0 Å². The number of hydrogen-bond donors (Lipinski definition) is 1. The van der Waals surface area contributed by atoms with Crippen LogP contribution < -0.4 is 0 Å². The van der Waals surface area contributed by atoms with Crippen LogP contribution in [0.2, 0.25) is 0 Å². The number of rotatable bonds is 1. The Morgan fingerprint density at radius 2 is 1.91 bits per heavy atom. The van der Waals surface area contributed by atoms with E-state index < -0.39 is 17.9 Å². The smallest absolute Gasteiger partial charge is 0.246 e. The standard InChI is InChI=1S/C18H24F2O2/c19-17(20)18-8-7-13-12-4-2-11(21)9-10(12)1-3-14(13)15(18)5-6-16(18)22/h9,12-17,22H,1-8H2/t12-,13+,14+,15-,16-,18+/m0/s1. The molecule has 0 amide bonds. The number of hydrogen-bond acceptors (Lipinski definition) is 2. The van der Waals surface area contributed by atoms with Gasteiger partial charge in [0.05, 0.1) is 11.5 Å². The van der Waals surface area contributed by atoms with Crippen molar-refractivity contribution < 1.29 is 18.7 Å². The maximum absolute atomic E-state index is 13.8. The number of carbonyl (C=O) groups excluding carboxylic acids is 1. The third kappa shape index (κ3) is 1.88. The van der Waals surface area contributed by atoms with Crippen molar-refractivity contribution in [2.45, 2.75) is 63.9 Å². The van der Waals surface area contributed by atoms with Crippen molar-refractivity contribution in [3.05, 3.63) is 11.6 Å². The average Bonchev–Trinajstić information content (AvgIpc) is 2.85. The van der Waals surface area contributed by atoms with Crippen LogP contribution in [-0.4, -0.2) is 23.4 Å². The first-order valence-corrected chi connectivity index (χ1v) is 8.73. The van der Waals surface area contributed by atoms with E-state index in [-0.39, 0.29) is 11.7 Å². The zero-order chi connectivity index (χ0) is 15.5. The van der Waals surface area contributed by atoms with Gasteiger partial charge in [0.1, 0.15) is 0 Å². The van der Waals surface area contributed by atoms with E-state index >= 15 is 0 Å². The summed E-state index contributed by atoms with van der Waals surface area (Å²) in [4.78, 5) is 11.6. The van der Waals surface area contributed by atoms with Crippen LogP contribution in [0, 0.1) is 29.1 Å². The van der Waals surface area contributed by atoms with E-state index in [4.69, 9.17) is 0 Å². The first kappa shape index (κ1) is 14.8. The molecule has 1 N–H and O–H groups in total. The number of halogens is 2. The summed E-state index contributed by atoms with van der Waals surface area (Å²) in [5, 5.41) is 10.3. The topological polar surface area (TPSA) is 37.3 Å². The van der Waals surface area contributed by atoms with Crippen LogP contribution in [0.4, 0.5) is 8.78 Å². The van der Waals surface area contributed by atoms with Gasteiger partial charge in [-0.25, -0.2) is 8.78 Å². The monoisotopic (exact) mass is 310 g/mol. The molecule has 0 aromatic rings. The second-order valence-corrected chi connectivity index (χ2v) is 7.85. The molecule has 0 bridgehead atoms. The first-order chi connectivity index (χ1) is 10.5. The van der Waals surface area contributed by atoms with Crippen molar-refractivity contribution in [1.29, 1.82) is 0 Å². The molecule has 122 valence electrons. The van der Waals surface area contributed by atoms with Gasteiger partial charge in [0.25, 0.3) is 0 Å². The number of ketones is 1. The molecule has 4 rings (SSSR count). The summed E-state index contributed by atoms with van der Waals surface area (Å²) in [6.45, 7) is 0. The normalized spacial score (nSPS) is 47.7. The summed E-state index contributed by atoms with van der Waals surface area (Å²) < 4.78 is 27.7. The zero-order valence-electron chi connectivity index (χ0n) is 12.8. The Hall–Kier alpha value is -0.770. The predicted molar refractivity (Wildman–Crippen MR) is 78.4 cm³/mol. The van der Waals surface area contributed by atoms with E-state index in [1.807, 2.05) is 6.08 Å². The Bertz CT molecular complexity index is 515. The highest BCUT2D eigenvalue weighted by molar-refractivity contribution is 5.91. The lowest BCUT2D eigenvalue weighted by molar-refractivity contribution is -0.148. The second-order valence-electron chi connectivity index (χ2n) is 7.85. The fourth-order valence-corrected chi connectivity index (χ4v) is 6.30. The molecule has 0 aliphatic heterocycles. The van der Waals surface area contributed by atoms with E-state index in [2.05, 4.69) is 0 Å². The molecule has 0 aromatic heterocycles. The lowest BCUT2D eigenvalue weighted by Crippen LogP contribution is -2.52. The Balaban J connectivity index is 1.65. The molecule has 0 heterocycles. The number of aliphatic hydroxyl groups excluding tert-OH is 1. The van der Waals surface area contributed by atoms with Gasteiger partial charge in [-0.15, -0.1) is 0 Å². The van der Waals surface area contributed by atoms with Crippen molar-refractivity contribution in [2.24, 2.45) is 29.1 Å². The van der Waals surface area contributed by atoms with Gasteiger partial charge >= 0.3 is 0 Å². The number of allylic oxidation sites excluding steroid dienone is 1. The van der Waals surface area contributed by atoms with Crippen molar-refractivity contribution >= 4 is 5.78 Å². The highest BCUT2D eigenvalue weighted by Crippen LogP contribution is 2.63. The lowest BCUT2D eigenvalue weighted by Gasteiger charge is -2.54. The van der Waals surface area contributed by atoms with Gasteiger partial charge < -0.3 is 5.11 Å². The minimum atomic E-state index is -2.42. The average molecular weight is 310 g/mol. The molecule has 4 aliphatic rings. The SMILES string of the molecule is O=C1C=C2CC[C@@H]3[C@H](CC[C@]4(C(F)F)[C@@H](O)CC[C@@H]34)[C@H]2CC1. The molecular weight excluding hydrogens is 286 g/mol. The molecule has 0 spiro atoms. The Kier molecular flexibility index (Phi) is 3.44. The minimum Gasteiger partial charge on any atom is -0.392 e. The van der Waals surface area contributed by atoms with E-state index in [1.54, 1.807) is 0 Å². The van der Waals surface area contributed by atoms with Gasteiger partial charge in [-0.05, 0) is 74.7 Å². The van der Waals surface area contributed by atoms with Crippen LogP contribution in [0.3, 0.4) is 0 Å². The molecule has 0 unspecified atom stereocenters. The molecule has 4 aliphatic carbocycles. The molecule has 0 saturated heterocycles. The largest absolute Gasteiger partial charge is 0.392 e. The summed E-state index contributed by atoms with van der Waals surface area (Å²) in [6.07, 6.45) is 4.45. The summed E-state index contributed by atoms with van der Waals surface area (Å²) in [5.74, 6) is 1.41. The number of carbonyl (C=O) groups is 1. The van der Waals surface area contributed by atoms with E-state index in [1.165, 1.54) is 5.57 Å². The highest BCUT2D eigenvalue weighted by atomic mass is 19.3. The van der Waals surface area contributed by atoms with Crippen LogP contribution in [0.15, 0.2) is 11.6 Å². The van der Waals surface area contributed by atoms with E-state index in [0.717, 1.165) is 32.1 Å². The molecule has 3 saturated carbocycles. The molecule has 0 radical (unpaired) electrons. The van der Waals surface area contributed by atoms with Crippen LogP contribution in [0.5, 0.6) is 0 Å². The summed E-state index contributed by atoms with van der Waals surface area (Å²) in [5.41, 5.74) is 0.132. The minimum absolute atomic E-state index is 0.0274. The molecule has 22 heavy (non-hydrogen) atoms. The molecule has 0 aromatic carbocycles. The van der Waals surface area contributed by atoms with Crippen molar-refractivity contribution in [2.75, 3.05) is 0 Å². The fourth-order valence-electron chi connectivity index (χ4n) is 6.30. The third-order valence-corrected chi connectivity index (χ3v) is 7.25. The van der Waals surface area contributed by atoms with Crippen molar-refractivity contribution in [3.8, 4) is 0 Å². The molecule has 2 nitrogen and oxygen atoms in total. The summed E-state index contributed by atoms with van der Waals surface area (Å²) >= 11 is 0. The van der Waals surface area contributed by atoms with Gasteiger partial charge in [-0.2, -0.15) is 0 Å². The molecule has 3 fully saturated rings. The van der Waals surface area contributed by atoms with Crippen LogP contribution in [0.1, 0.15) is 51.4 Å². The van der Waals surface area contributed by atoms with Crippen LogP contribution in [0.25, 0.3) is 0 Å². The number of alkyl halides is 2. The third-order valence-electron chi connectivity index (χ3n) is 7.25. The lowest BCUT2D eigenvalue weighted by atomic mass is 9.51. The summed E-state index contributed by atoms with van der Waals surface area (Å²) in [7, 11) is 0. The van der Waals surface area contributed by atoms with Gasteiger partial charge in [0, 0.05) is 6.42 Å². The number of fused-ring (bicyclic) bond motifs is 5. The van der Waals surface area contributed by atoms with Gasteiger partial charge in [0.15, 0.2) is 5.78 Å². The maximum Gasteiger partial charge on any atom is 0.246 e. The van der Waals surface area contributed by atoms with Crippen LogP contribution in [-0.2, 0) is 4.79 Å². The molecular formula is C18H24F2O2. The second kappa shape index (κ2) is 5.12. The quantitative estimate of drug-likeness (QED) is 0.801. The zero-order valence-corrected chi connectivity index (χ0v) is 12.8. The van der Waals surface area contributed by atoms with Crippen molar-refractivity contribution in [1.82, 2.24) is 0 Å². The van der Waals surface area contributed by atoms with Gasteiger partial charge in [0.2, 0.25) is 6.43 Å². The van der Waals surface area contributed by atoms with E-state index in [9.17, 15) is 18.7 Å². The number of aliphatic hydroxyl groups is 1. The maximum atomic E-state index is 13.8. The fraction of sp³-hybridized carbons (Fsp3) is 0.833. The molecule has 4 heteroatoms.